The van der Waals surface area contributed by atoms with E-state index in [2.05, 4.69) is 55.3 Å². The number of rotatable bonds is 9. The van der Waals surface area contributed by atoms with Crippen molar-refractivity contribution in [1.29, 1.82) is 0 Å². The van der Waals surface area contributed by atoms with Gasteiger partial charge in [0.1, 0.15) is 0 Å². The summed E-state index contributed by atoms with van der Waals surface area (Å²) in [5.41, 5.74) is 0. The van der Waals surface area contributed by atoms with Crippen LogP contribution in [0.3, 0.4) is 0 Å². The van der Waals surface area contributed by atoms with E-state index < -0.39 is 0 Å². The van der Waals surface area contributed by atoms with E-state index in [9.17, 15) is 0 Å². The van der Waals surface area contributed by atoms with Gasteiger partial charge in [0.2, 0.25) is 0 Å². The molecular weight excluding hydrogens is 242 g/mol. The van der Waals surface area contributed by atoms with Crippen LogP contribution in [0.4, 0.5) is 0 Å². The summed E-state index contributed by atoms with van der Waals surface area (Å²) < 4.78 is 0. The first-order valence-corrected chi connectivity index (χ1v) is 7.49. The zero-order chi connectivity index (χ0) is 13.4. The summed E-state index contributed by atoms with van der Waals surface area (Å²) >= 11 is 1.88. The van der Waals surface area contributed by atoms with Crippen LogP contribution in [0.15, 0.2) is 12.1 Å². The third kappa shape index (κ3) is 7.11. The molecule has 0 aliphatic carbocycles. The van der Waals surface area contributed by atoms with E-state index in [1.54, 1.807) is 0 Å². The molecule has 1 heterocycles. The molecule has 18 heavy (non-hydrogen) atoms. The molecule has 0 aliphatic rings. The second-order valence-electron chi connectivity index (χ2n) is 5.15. The number of aryl methyl sites for hydroxylation is 1. The maximum absolute atomic E-state index is 3.50. The van der Waals surface area contributed by atoms with Crippen molar-refractivity contribution in [2.75, 3.05) is 47.3 Å². The van der Waals surface area contributed by atoms with Crippen molar-refractivity contribution in [1.82, 2.24) is 15.1 Å². The molecule has 1 rings (SSSR count). The van der Waals surface area contributed by atoms with Gasteiger partial charge in [0.05, 0.1) is 0 Å². The van der Waals surface area contributed by atoms with Gasteiger partial charge in [-0.1, -0.05) is 0 Å². The molecule has 0 saturated carbocycles. The van der Waals surface area contributed by atoms with Gasteiger partial charge in [-0.2, -0.15) is 0 Å². The van der Waals surface area contributed by atoms with Gasteiger partial charge >= 0.3 is 0 Å². The molecule has 1 aromatic heterocycles. The van der Waals surface area contributed by atoms with Crippen LogP contribution in [0.25, 0.3) is 0 Å². The summed E-state index contributed by atoms with van der Waals surface area (Å²) in [7, 11) is 6.46. The van der Waals surface area contributed by atoms with Crippen molar-refractivity contribution in [3.8, 4) is 0 Å². The quantitative estimate of drug-likeness (QED) is 0.692. The summed E-state index contributed by atoms with van der Waals surface area (Å²) in [6.45, 7) is 7.70. The molecule has 4 heteroatoms. The highest BCUT2D eigenvalue weighted by Crippen LogP contribution is 2.14. The van der Waals surface area contributed by atoms with Crippen LogP contribution in [0.2, 0.25) is 0 Å². The largest absolute Gasteiger partial charge is 0.311 e. The molecule has 0 radical (unpaired) electrons. The smallest absolute Gasteiger partial charge is 0.0300 e. The molecule has 0 saturated heterocycles. The summed E-state index contributed by atoms with van der Waals surface area (Å²) in [5, 5.41) is 3.50. The van der Waals surface area contributed by atoms with Crippen molar-refractivity contribution in [3.05, 3.63) is 21.9 Å². The minimum Gasteiger partial charge on any atom is -0.311 e. The Balaban J connectivity index is 2.00. The number of hydrogen-bond acceptors (Lipinski definition) is 4. The first-order chi connectivity index (χ1) is 8.58. The minimum absolute atomic E-state index is 1.00. The molecular formula is C14H27N3S. The van der Waals surface area contributed by atoms with Gasteiger partial charge in [-0.25, -0.2) is 0 Å². The van der Waals surface area contributed by atoms with Crippen LogP contribution in [-0.2, 0) is 6.54 Å². The Morgan fingerprint density at radius 3 is 2.50 bits per heavy atom. The van der Waals surface area contributed by atoms with Gasteiger partial charge in [0.15, 0.2) is 0 Å². The van der Waals surface area contributed by atoms with Gasteiger partial charge in [-0.3, -0.25) is 0 Å². The highest BCUT2D eigenvalue weighted by Gasteiger charge is 1.99. The lowest BCUT2D eigenvalue weighted by molar-refractivity contribution is 0.299. The highest BCUT2D eigenvalue weighted by molar-refractivity contribution is 7.11. The summed E-state index contributed by atoms with van der Waals surface area (Å²) in [6.07, 6.45) is 1.24. The van der Waals surface area contributed by atoms with Gasteiger partial charge < -0.3 is 15.1 Å². The standard InChI is InChI=1S/C14H27N3S/c1-13-6-7-14(18-13)12-15-8-11-17(4)10-5-9-16(2)3/h6-7,15H,5,8-12H2,1-4H3. The van der Waals surface area contributed by atoms with E-state index >= 15 is 0 Å². The second kappa shape index (κ2) is 8.64. The van der Waals surface area contributed by atoms with Gasteiger partial charge in [0, 0.05) is 29.4 Å². The Kier molecular flexibility index (Phi) is 7.51. The molecule has 0 atom stereocenters. The summed E-state index contributed by atoms with van der Waals surface area (Å²) in [5.74, 6) is 0. The van der Waals surface area contributed by atoms with E-state index in [0.717, 1.165) is 19.6 Å². The fourth-order valence-corrected chi connectivity index (χ4v) is 2.69. The molecule has 1 N–H and O–H groups in total. The average molecular weight is 269 g/mol. The molecule has 0 spiro atoms. The number of thiophene rings is 1. The van der Waals surface area contributed by atoms with Gasteiger partial charge in [-0.05, 0) is 59.7 Å². The van der Waals surface area contributed by atoms with E-state index in [0.29, 0.717) is 0 Å². The van der Waals surface area contributed by atoms with Crippen LogP contribution < -0.4 is 5.32 Å². The molecule has 0 amide bonds. The topological polar surface area (TPSA) is 18.5 Å². The Morgan fingerprint density at radius 1 is 1.11 bits per heavy atom. The van der Waals surface area contributed by atoms with Crippen molar-refractivity contribution in [3.63, 3.8) is 0 Å². The molecule has 0 bridgehead atoms. The third-order valence-corrected chi connectivity index (χ3v) is 3.91. The summed E-state index contributed by atoms with van der Waals surface area (Å²) in [4.78, 5) is 7.47. The Hall–Kier alpha value is -0.420. The fourth-order valence-electron chi connectivity index (χ4n) is 1.83. The van der Waals surface area contributed by atoms with E-state index in [1.165, 1.54) is 29.3 Å². The lowest BCUT2D eigenvalue weighted by Gasteiger charge is -2.18. The molecule has 1 aromatic rings. The van der Waals surface area contributed by atoms with Crippen molar-refractivity contribution in [2.45, 2.75) is 19.9 Å². The van der Waals surface area contributed by atoms with Crippen LogP contribution >= 0.6 is 11.3 Å². The SMILES string of the molecule is Cc1ccc(CNCCN(C)CCCN(C)C)s1. The fraction of sp³-hybridized carbons (Fsp3) is 0.714. The summed E-state index contributed by atoms with van der Waals surface area (Å²) in [6, 6.07) is 4.41. The highest BCUT2D eigenvalue weighted by atomic mass is 32.1. The predicted molar refractivity (Wildman–Crippen MR) is 81.4 cm³/mol. The Morgan fingerprint density at radius 2 is 1.89 bits per heavy atom. The lowest BCUT2D eigenvalue weighted by atomic mass is 10.3. The Bertz CT molecular complexity index is 323. The van der Waals surface area contributed by atoms with E-state index in [4.69, 9.17) is 0 Å². The minimum atomic E-state index is 1.00. The number of nitrogens with one attached hydrogen (secondary N) is 1. The third-order valence-electron chi connectivity index (χ3n) is 2.91. The van der Waals surface area contributed by atoms with Gasteiger partial charge in [-0.15, -0.1) is 11.3 Å². The zero-order valence-corrected chi connectivity index (χ0v) is 13.0. The number of nitrogens with zero attached hydrogens (tertiary/aromatic N) is 2. The molecule has 3 nitrogen and oxygen atoms in total. The van der Waals surface area contributed by atoms with Crippen molar-refractivity contribution < 1.29 is 0 Å². The maximum Gasteiger partial charge on any atom is 0.0300 e. The van der Waals surface area contributed by atoms with E-state index in [1.807, 2.05) is 11.3 Å². The van der Waals surface area contributed by atoms with Crippen molar-refractivity contribution >= 4 is 11.3 Å². The van der Waals surface area contributed by atoms with Crippen molar-refractivity contribution in [2.24, 2.45) is 0 Å². The van der Waals surface area contributed by atoms with Gasteiger partial charge in [0.25, 0.3) is 0 Å². The van der Waals surface area contributed by atoms with E-state index in [-0.39, 0.29) is 0 Å². The average Bonchev–Trinajstić information content (AvgIpc) is 2.70. The maximum atomic E-state index is 3.50. The number of likely N-dealkylation sites (N-methyl/N-ethyl adjacent to an activating group) is 1. The second-order valence-corrected chi connectivity index (χ2v) is 6.52. The normalized spacial score (nSPS) is 11.7. The number of hydrogen-bond donors (Lipinski definition) is 1. The molecule has 0 fully saturated rings. The zero-order valence-electron chi connectivity index (χ0n) is 12.2. The predicted octanol–water partition coefficient (Wildman–Crippen LogP) is 2.03. The Labute approximate surface area is 116 Å². The lowest BCUT2D eigenvalue weighted by Crippen LogP contribution is -2.30. The molecule has 0 aliphatic heterocycles. The molecule has 104 valence electrons. The molecule has 0 unspecified atom stereocenters. The molecule has 0 aromatic carbocycles. The first-order valence-electron chi connectivity index (χ1n) is 6.67. The monoisotopic (exact) mass is 269 g/mol. The van der Waals surface area contributed by atoms with Crippen LogP contribution in [-0.4, -0.2) is 57.1 Å². The van der Waals surface area contributed by atoms with Crippen LogP contribution in [0.5, 0.6) is 0 Å². The van der Waals surface area contributed by atoms with Crippen LogP contribution in [0.1, 0.15) is 16.2 Å². The first kappa shape index (κ1) is 15.6. The van der Waals surface area contributed by atoms with Crippen LogP contribution in [0, 0.1) is 6.92 Å².